The van der Waals surface area contributed by atoms with Gasteiger partial charge in [-0.2, -0.15) is 0 Å². The second-order valence-corrected chi connectivity index (χ2v) is 31.3. The number of rotatable bonds is 13. The van der Waals surface area contributed by atoms with Crippen LogP contribution in [0.2, 0.25) is 55.9 Å². The van der Waals surface area contributed by atoms with Crippen LogP contribution in [-0.2, 0) is 27.6 Å². The fourth-order valence-corrected chi connectivity index (χ4v) is 14.0. The highest BCUT2D eigenvalue weighted by molar-refractivity contribution is 6.74. The molecule has 300 valence electrons. The molecule has 0 saturated carbocycles. The molecule has 1 rings (SSSR count). The largest absolute Gasteiger partial charge is 0.459 e. The van der Waals surface area contributed by atoms with Crippen molar-refractivity contribution in [3.8, 4) is 0 Å². The van der Waals surface area contributed by atoms with Crippen LogP contribution in [-0.4, -0.2) is 60.6 Å². The summed E-state index contributed by atoms with van der Waals surface area (Å²) in [6, 6.07) is 6.28. The van der Waals surface area contributed by atoms with Crippen LogP contribution in [0.5, 0.6) is 0 Å². The van der Waals surface area contributed by atoms with E-state index in [0.29, 0.717) is 0 Å². The zero-order chi connectivity index (χ0) is 39.9. The predicted octanol–water partition coefficient (Wildman–Crippen LogP) is 12.4. The van der Waals surface area contributed by atoms with Gasteiger partial charge in [-0.15, -0.1) is 0 Å². The Bertz CT molecular complexity index is 1200. The van der Waals surface area contributed by atoms with Crippen molar-refractivity contribution in [1.29, 1.82) is 0 Å². The van der Waals surface area contributed by atoms with E-state index in [2.05, 4.69) is 112 Å². The zero-order valence-corrected chi connectivity index (χ0v) is 39.4. The SMILES string of the molecule is CC[Si](CC)(CC)O[C@H]1/C=C/C(C)=C/C/C=C(\C)CC[C@@H](O[Si](C)(C)C)[C@H](C)C(=O)C(C(=O)OC(C)(C)C)C/C=C/[C@@H](O[Si](CC)(CC)CC)[C@@H]1C. The first-order valence-electron chi connectivity index (χ1n) is 20.6. The van der Waals surface area contributed by atoms with E-state index in [1.54, 1.807) is 0 Å². The molecule has 0 bridgehead atoms. The Balaban J connectivity index is 3.98. The van der Waals surface area contributed by atoms with Gasteiger partial charge in [-0.25, -0.2) is 0 Å². The number of ether oxygens (including phenoxy) is 1. The molecule has 9 heteroatoms. The summed E-state index contributed by atoms with van der Waals surface area (Å²) in [6.45, 7) is 34.2. The summed E-state index contributed by atoms with van der Waals surface area (Å²) in [4.78, 5) is 28.3. The second kappa shape index (κ2) is 22.3. The molecule has 0 amide bonds. The first-order valence-corrected chi connectivity index (χ1v) is 29.1. The Morgan fingerprint density at radius 1 is 0.788 bits per heavy atom. The molecular formula is C43H80O6Si3. The summed E-state index contributed by atoms with van der Waals surface area (Å²) in [5.74, 6) is -1.96. The lowest BCUT2D eigenvalue weighted by Gasteiger charge is -2.40. The molecule has 52 heavy (non-hydrogen) atoms. The average molecular weight is 777 g/mol. The minimum Gasteiger partial charge on any atom is -0.459 e. The Morgan fingerprint density at radius 2 is 1.29 bits per heavy atom. The third-order valence-corrected chi connectivity index (χ3v) is 21.5. The lowest BCUT2D eigenvalue weighted by atomic mass is 9.85. The van der Waals surface area contributed by atoms with Gasteiger partial charge in [0.15, 0.2) is 30.7 Å². The van der Waals surface area contributed by atoms with E-state index in [0.717, 1.165) is 55.5 Å². The van der Waals surface area contributed by atoms with Crippen molar-refractivity contribution in [2.75, 3.05) is 0 Å². The van der Waals surface area contributed by atoms with Crippen molar-refractivity contribution >= 4 is 36.7 Å². The molecule has 1 unspecified atom stereocenters. The van der Waals surface area contributed by atoms with Gasteiger partial charge in [-0.3, -0.25) is 9.59 Å². The Morgan fingerprint density at radius 3 is 1.75 bits per heavy atom. The van der Waals surface area contributed by atoms with Crippen molar-refractivity contribution in [3.63, 3.8) is 0 Å². The monoisotopic (exact) mass is 777 g/mol. The molecule has 0 spiro atoms. The van der Waals surface area contributed by atoms with E-state index < -0.39 is 48.4 Å². The normalized spacial score (nSPS) is 28.7. The van der Waals surface area contributed by atoms with E-state index in [1.165, 1.54) is 11.1 Å². The molecule has 0 aromatic heterocycles. The first-order chi connectivity index (χ1) is 24.1. The Labute approximate surface area is 324 Å². The number of hydrogen-bond donors (Lipinski definition) is 0. The fourth-order valence-electron chi connectivity index (χ4n) is 7.06. The summed E-state index contributed by atoms with van der Waals surface area (Å²) >= 11 is 0. The first kappa shape index (κ1) is 48.7. The predicted molar refractivity (Wildman–Crippen MR) is 229 cm³/mol. The van der Waals surface area contributed by atoms with Crippen LogP contribution >= 0.6 is 0 Å². The number of esters is 1. The third-order valence-electron chi connectivity index (χ3n) is 11.2. The lowest BCUT2D eigenvalue weighted by Crippen LogP contribution is -2.47. The molecule has 0 saturated heterocycles. The molecule has 0 aromatic carbocycles. The summed E-state index contributed by atoms with van der Waals surface area (Å²) in [5, 5.41) is 0. The smallest absolute Gasteiger partial charge is 0.317 e. The van der Waals surface area contributed by atoms with Crippen molar-refractivity contribution in [2.45, 2.75) is 196 Å². The van der Waals surface area contributed by atoms with Crippen LogP contribution in [0.4, 0.5) is 0 Å². The van der Waals surface area contributed by atoms with Crippen LogP contribution in [0, 0.1) is 17.8 Å². The number of Topliss-reactive ketones (excluding diaryl/α,β-unsaturated/α-hetero) is 1. The maximum atomic E-state index is 14.5. The summed E-state index contributed by atoms with van der Waals surface area (Å²) in [5.41, 5.74) is 1.78. The van der Waals surface area contributed by atoms with E-state index in [-0.39, 0.29) is 36.4 Å². The van der Waals surface area contributed by atoms with Crippen molar-refractivity contribution in [1.82, 2.24) is 0 Å². The molecule has 0 fully saturated rings. The van der Waals surface area contributed by atoms with Crippen LogP contribution in [0.3, 0.4) is 0 Å². The second-order valence-electron chi connectivity index (χ2n) is 17.4. The van der Waals surface area contributed by atoms with E-state index in [9.17, 15) is 9.59 Å². The lowest BCUT2D eigenvalue weighted by molar-refractivity contribution is -0.163. The number of carbonyl (C=O) groups is 2. The highest BCUT2D eigenvalue weighted by Gasteiger charge is 2.40. The standard InChI is InChI=1S/C43H80O6Si3/c1-17-51(18-2,19-3)48-38-28-24-27-37(42(45)46-43(11,12)13)41(44)36(10)40(47-50(14,15)16)32-30-34(8)26-23-25-33(7)29-31-39(35(38)9)49-52(20-4,21-5)22-6/h24-26,28-29,31,35-40H,17-23,27,30,32H2,1-16H3/b28-24+,31-29+,33-25+,34-26+/t35-,36-,37?,38+,39-,40+/m0/s1. The quantitative estimate of drug-likeness (QED) is 0.0803. The number of ketones is 1. The minimum atomic E-state index is -2.06. The molecule has 6 nitrogen and oxygen atoms in total. The highest BCUT2D eigenvalue weighted by Crippen LogP contribution is 2.33. The fraction of sp³-hybridized carbons (Fsp3) is 0.767. The van der Waals surface area contributed by atoms with Gasteiger partial charge in [-0.05, 0) is 116 Å². The summed E-state index contributed by atoms with van der Waals surface area (Å²) in [7, 11) is -6.04. The maximum Gasteiger partial charge on any atom is 0.317 e. The van der Waals surface area contributed by atoms with Crippen LogP contribution in [0.1, 0.15) is 116 Å². The highest BCUT2D eigenvalue weighted by atomic mass is 28.4. The van der Waals surface area contributed by atoms with Gasteiger partial charge in [-0.1, -0.05) is 103 Å². The molecule has 0 heterocycles. The Hall–Kier alpha value is -1.37. The van der Waals surface area contributed by atoms with Gasteiger partial charge < -0.3 is 18.0 Å². The zero-order valence-electron chi connectivity index (χ0n) is 36.4. The van der Waals surface area contributed by atoms with Gasteiger partial charge >= 0.3 is 5.97 Å². The molecule has 0 aliphatic heterocycles. The van der Waals surface area contributed by atoms with Gasteiger partial charge in [0.1, 0.15) is 11.5 Å². The van der Waals surface area contributed by atoms with Gasteiger partial charge in [0.05, 0.1) is 18.3 Å². The molecule has 6 atom stereocenters. The van der Waals surface area contributed by atoms with Crippen LogP contribution in [0.25, 0.3) is 0 Å². The van der Waals surface area contributed by atoms with E-state index >= 15 is 0 Å². The van der Waals surface area contributed by atoms with Crippen molar-refractivity contribution < 1.29 is 27.6 Å². The van der Waals surface area contributed by atoms with Crippen molar-refractivity contribution in [3.05, 3.63) is 47.6 Å². The summed E-state index contributed by atoms with van der Waals surface area (Å²) in [6.07, 6.45) is 15.2. The van der Waals surface area contributed by atoms with Gasteiger partial charge in [0.2, 0.25) is 0 Å². The third kappa shape index (κ3) is 16.2. The average Bonchev–Trinajstić information content (AvgIpc) is 3.08. The topological polar surface area (TPSA) is 71.1 Å². The number of carbonyl (C=O) groups excluding carboxylic acids is 2. The number of allylic oxidation sites excluding steroid dienone is 6. The molecule has 1 aliphatic rings. The van der Waals surface area contributed by atoms with Crippen LogP contribution in [0.15, 0.2) is 47.6 Å². The molecule has 1 aliphatic carbocycles. The van der Waals surface area contributed by atoms with Gasteiger partial charge in [0, 0.05) is 11.8 Å². The molecule has 0 radical (unpaired) electrons. The van der Waals surface area contributed by atoms with Gasteiger partial charge in [0.25, 0.3) is 0 Å². The summed E-state index contributed by atoms with van der Waals surface area (Å²) < 4.78 is 27.2. The molecule has 0 aromatic rings. The van der Waals surface area contributed by atoms with Crippen LogP contribution < -0.4 is 0 Å². The molecular weight excluding hydrogens is 697 g/mol. The molecule has 0 N–H and O–H groups in total. The van der Waals surface area contributed by atoms with Crippen molar-refractivity contribution in [2.24, 2.45) is 17.8 Å². The maximum absolute atomic E-state index is 14.5. The van der Waals surface area contributed by atoms with E-state index in [4.69, 9.17) is 18.0 Å². The van der Waals surface area contributed by atoms with E-state index in [1.807, 2.05) is 33.8 Å². The minimum absolute atomic E-state index is 0.0155. The Kier molecular flexibility index (Phi) is 20.8. The number of hydrogen-bond acceptors (Lipinski definition) is 6.